The molecule has 17 N–H and O–H groups in total. The summed E-state index contributed by atoms with van der Waals surface area (Å²) in [4.78, 5) is 0. The lowest BCUT2D eigenvalue weighted by Crippen LogP contribution is -2.68. The molecule has 5 heterocycles. The van der Waals surface area contributed by atoms with E-state index >= 15 is 0 Å². The van der Waals surface area contributed by atoms with Gasteiger partial charge in [0.15, 0.2) is 31.5 Å². The minimum absolute atomic E-state index is 0.0328. The number of aliphatic hydroxyl groups excluding tert-OH is 17. The molecule has 498 valence electrons. The van der Waals surface area contributed by atoms with Crippen molar-refractivity contribution in [3.05, 3.63) is 11.6 Å². The van der Waals surface area contributed by atoms with Gasteiger partial charge in [0.05, 0.1) is 56.9 Å². The lowest BCUT2D eigenvalue weighted by molar-refractivity contribution is -0.382. The molecule has 86 heavy (non-hydrogen) atoms. The molecule has 0 radical (unpaired) electrons. The van der Waals surface area contributed by atoms with Gasteiger partial charge >= 0.3 is 0 Å². The highest BCUT2D eigenvalue weighted by Crippen LogP contribution is 2.76. The van der Waals surface area contributed by atoms with Crippen LogP contribution in [0.4, 0.5) is 0 Å². The summed E-state index contributed by atoms with van der Waals surface area (Å²) in [5, 5.41) is 185. The van der Waals surface area contributed by atoms with Crippen LogP contribution < -0.4 is 0 Å². The number of rotatable bonds is 18. The third-order valence-corrected chi connectivity index (χ3v) is 22.7. The van der Waals surface area contributed by atoms with Crippen LogP contribution in [0.25, 0.3) is 0 Å². The third kappa shape index (κ3) is 12.4. The third-order valence-electron chi connectivity index (χ3n) is 22.7. The van der Waals surface area contributed by atoms with Crippen molar-refractivity contribution in [2.75, 3.05) is 33.0 Å². The van der Waals surface area contributed by atoms with E-state index in [1.165, 1.54) is 6.92 Å². The van der Waals surface area contributed by atoms with Crippen molar-refractivity contribution < 1.29 is 134 Å². The van der Waals surface area contributed by atoms with Crippen LogP contribution in [0.1, 0.15) is 113 Å². The largest absolute Gasteiger partial charge is 0.394 e. The van der Waals surface area contributed by atoms with Gasteiger partial charge in [-0.1, -0.05) is 46.3 Å². The van der Waals surface area contributed by atoms with Gasteiger partial charge in [-0.3, -0.25) is 0 Å². The predicted molar refractivity (Wildman–Crippen MR) is 293 cm³/mol. The molecule has 0 spiro atoms. The summed E-state index contributed by atoms with van der Waals surface area (Å²) < 4.78 is 60.9. The first kappa shape index (κ1) is 69.0. The van der Waals surface area contributed by atoms with Crippen LogP contribution in [0.2, 0.25) is 0 Å². The Labute approximate surface area is 501 Å². The molecule has 0 aromatic rings. The van der Waals surface area contributed by atoms with E-state index in [4.69, 9.17) is 47.4 Å². The average Bonchev–Trinajstić information content (AvgIpc) is 1.23. The van der Waals surface area contributed by atoms with E-state index in [9.17, 15) is 86.8 Å². The summed E-state index contributed by atoms with van der Waals surface area (Å²) in [5.41, 5.74) is -2.35. The molecule has 4 aliphatic carbocycles. The van der Waals surface area contributed by atoms with Crippen molar-refractivity contribution >= 4 is 0 Å². The van der Waals surface area contributed by atoms with Crippen LogP contribution in [0.3, 0.4) is 0 Å². The molecule has 27 nitrogen and oxygen atoms in total. The Morgan fingerprint density at radius 2 is 1.10 bits per heavy atom. The summed E-state index contributed by atoms with van der Waals surface area (Å²) in [7, 11) is 0. The zero-order valence-electron chi connectivity index (χ0n) is 50.5. The van der Waals surface area contributed by atoms with Gasteiger partial charge in [0, 0.05) is 0 Å². The Hall–Kier alpha value is -1.34. The van der Waals surface area contributed by atoms with Crippen LogP contribution in [-0.2, 0) is 47.4 Å². The maximum atomic E-state index is 12.9. The number of hydrogen-bond donors (Lipinski definition) is 17. The lowest BCUT2D eigenvalue weighted by atomic mass is 9.35. The van der Waals surface area contributed by atoms with Crippen molar-refractivity contribution in [1.82, 2.24) is 0 Å². The highest BCUT2D eigenvalue weighted by Gasteiger charge is 2.72. The molecule has 9 fully saturated rings. The van der Waals surface area contributed by atoms with E-state index in [2.05, 4.69) is 34.6 Å². The van der Waals surface area contributed by atoms with Crippen LogP contribution in [-0.4, -0.2) is 285 Å². The predicted octanol–water partition coefficient (Wildman–Crippen LogP) is -3.74. The molecule has 9 rings (SSSR count). The Balaban J connectivity index is 0.946. The van der Waals surface area contributed by atoms with E-state index in [1.807, 2.05) is 13.0 Å². The van der Waals surface area contributed by atoms with E-state index in [-0.39, 0.29) is 42.3 Å². The number of hydrogen-bond acceptors (Lipinski definition) is 27. The molecule has 9 aliphatic rings. The van der Waals surface area contributed by atoms with Gasteiger partial charge in [0.1, 0.15) is 110 Å². The second-order valence-electron chi connectivity index (χ2n) is 28.1. The van der Waals surface area contributed by atoms with Crippen LogP contribution in [0.15, 0.2) is 11.6 Å². The van der Waals surface area contributed by atoms with Crippen LogP contribution >= 0.6 is 0 Å². The summed E-state index contributed by atoms with van der Waals surface area (Å²) in [6, 6.07) is 0. The van der Waals surface area contributed by atoms with E-state index in [0.29, 0.717) is 44.9 Å². The van der Waals surface area contributed by atoms with Gasteiger partial charge in [-0.05, 0) is 124 Å². The second kappa shape index (κ2) is 26.6. The number of allylic oxidation sites excluding steroid dienone is 1. The highest BCUT2D eigenvalue weighted by atomic mass is 16.8. The quantitative estimate of drug-likeness (QED) is 0.0463. The molecule has 0 bridgehead atoms. The first-order valence-corrected chi connectivity index (χ1v) is 30.8. The minimum Gasteiger partial charge on any atom is -0.394 e. The lowest BCUT2D eigenvalue weighted by Gasteiger charge is -2.71. The number of fused-ring (bicyclic) bond motifs is 5. The number of aliphatic hydroxyl groups is 17. The zero-order chi connectivity index (χ0) is 63.1. The fourth-order valence-electron chi connectivity index (χ4n) is 17.3. The molecule has 34 atom stereocenters. The van der Waals surface area contributed by atoms with Gasteiger partial charge < -0.3 is 134 Å². The SMILES string of the molecule is C/C(=C\CCC(C)(O[C@@H]1O[C@H](CO[C@H]2OC[C@@H](O)[C@H](O)[C@H]2O)[C@@H](O)[C@H](O)[C@H]1O)C1CCC2(C)C1C(O)CC1C3(C)CCC(O[C@@H]4O[C@H](CO[C@@H]5O[C@@H](C)[C@@H](O)[C@@H](O)[C@H]5O)[C@@H](O)[C@H](O)[C@H]4O[C@@H]4O[C@H](CO)[C@@H](O)[C@H](O)[C@H]4O)C(C)(C)C3CCC12C)CO. The molecule has 0 aromatic heterocycles. The smallest absolute Gasteiger partial charge is 0.187 e. The summed E-state index contributed by atoms with van der Waals surface area (Å²) in [5.74, 6) is -0.768. The molecule has 10 unspecified atom stereocenters. The van der Waals surface area contributed by atoms with Gasteiger partial charge in [-0.15, -0.1) is 0 Å². The van der Waals surface area contributed by atoms with Crippen LogP contribution in [0.5, 0.6) is 0 Å². The molecular formula is C59H100O27. The van der Waals surface area contributed by atoms with Crippen molar-refractivity contribution in [3.8, 4) is 0 Å². The fourth-order valence-corrected chi connectivity index (χ4v) is 17.3. The normalized spacial score (nSPS) is 53.2. The summed E-state index contributed by atoms with van der Waals surface area (Å²) >= 11 is 0. The molecular weight excluding hydrogens is 1140 g/mol. The molecule has 27 heteroatoms. The Bertz CT molecular complexity index is 2270. The molecule has 0 aromatic carbocycles. The average molecular weight is 1240 g/mol. The van der Waals surface area contributed by atoms with Crippen molar-refractivity contribution in [1.29, 1.82) is 0 Å². The monoisotopic (exact) mass is 1240 g/mol. The highest BCUT2D eigenvalue weighted by molar-refractivity contribution is 5.21. The van der Waals surface area contributed by atoms with Crippen molar-refractivity contribution in [2.24, 2.45) is 45.3 Å². The zero-order valence-corrected chi connectivity index (χ0v) is 50.5. The summed E-state index contributed by atoms with van der Waals surface area (Å²) in [6.07, 6.45) is -32.6. The van der Waals surface area contributed by atoms with Gasteiger partial charge in [0.2, 0.25) is 0 Å². The maximum absolute atomic E-state index is 12.9. The standard InChI is InChI=1S/C59H100O27/c1-24(19-60)10-9-14-59(8,86-53-48(76)43(71)39(67)30(82-53)22-78-50-45(73)37(65)28(63)21-77-50)26-11-16-58(7)35(26)27(62)18-33-56(5)15-13-34(55(3,4)32(56)12-17-57(33,58)6)84-54-49(85-52-47(75)42(70)38(66)29(20-61)81-52)44(72)40(68)31(83-54)23-79-51-46(74)41(69)36(64)25(2)80-51/h10,25-54,60-76H,9,11-23H2,1-8H3/b24-10+/t25-,26?,27?,28+,29+,30+,31+,32?,33?,34?,35?,36+,37-,38+,39+,40+,41+,42-,43-,44-,45+,46+,47+,48+,49+,50+,51+,52-,53-,54-,56?,57?,58?,59?/m0/s1. The van der Waals surface area contributed by atoms with E-state index < -0.39 is 201 Å². The van der Waals surface area contributed by atoms with Gasteiger partial charge in [-0.25, -0.2) is 0 Å². The molecule has 4 saturated carbocycles. The van der Waals surface area contributed by atoms with E-state index in [1.54, 1.807) is 6.92 Å². The second-order valence-corrected chi connectivity index (χ2v) is 28.1. The molecule has 5 saturated heterocycles. The van der Waals surface area contributed by atoms with Gasteiger partial charge in [0.25, 0.3) is 0 Å². The summed E-state index contributed by atoms with van der Waals surface area (Å²) in [6.45, 7) is 13.9. The first-order valence-electron chi connectivity index (χ1n) is 30.8. The maximum Gasteiger partial charge on any atom is 0.187 e. The van der Waals surface area contributed by atoms with Gasteiger partial charge in [-0.2, -0.15) is 0 Å². The number of ether oxygens (including phenoxy) is 10. The van der Waals surface area contributed by atoms with Crippen molar-refractivity contribution in [2.45, 2.75) is 278 Å². The van der Waals surface area contributed by atoms with Crippen LogP contribution in [0, 0.1) is 45.3 Å². The fraction of sp³-hybridized carbons (Fsp3) is 0.966. The molecule has 5 aliphatic heterocycles. The first-order chi connectivity index (χ1) is 40.3. The topological polar surface area (TPSA) is 436 Å². The minimum atomic E-state index is -1.89. The Kier molecular flexibility index (Phi) is 21.3. The Morgan fingerprint density at radius 3 is 1.76 bits per heavy atom. The Morgan fingerprint density at radius 1 is 0.547 bits per heavy atom. The molecule has 0 amide bonds. The van der Waals surface area contributed by atoms with E-state index in [0.717, 1.165) is 18.4 Å². The van der Waals surface area contributed by atoms with Crippen molar-refractivity contribution in [3.63, 3.8) is 0 Å².